The fourth-order valence-corrected chi connectivity index (χ4v) is 1.98. The highest BCUT2D eigenvalue weighted by Crippen LogP contribution is 2.39. The Bertz CT molecular complexity index is 384. The smallest absolute Gasteiger partial charge is 0.462 e. The van der Waals surface area contributed by atoms with E-state index < -0.39 is 19.9 Å². The lowest BCUT2D eigenvalue weighted by Gasteiger charge is -2.26. The minimum absolute atomic E-state index is 0.0352. The molecular weight excluding hydrogens is 285 g/mol. The van der Waals surface area contributed by atoms with E-state index in [9.17, 15) is 9.36 Å². The van der Waals surface area contributed by atoms with Gasteiger partial charge in [-0.25, -0.2) is 9.36 Å². The molecule has 0 spiro atoms. The number of hydrogen-bond acceptors (Lipinski definition) is 4. The molecule has 1 atom stereocenters. The molecular formula is C12H25NO6P+. The molecule has 0 aromatic rings. The predicted octanol–water partition coefficient (Wildman–Crippen LogP) is 1.07. The van der Waals surface area contributed by atoms with Crippen LogP contribution in [0.25, 0.3) is 0 Å². The molecule has 0 aliphatic carbocycles. The van der Waals surface area contributed by atoms with Crippen molar-refractivity contribution in [2.45, 2.75) is 25.9 Å². The summed E-state index contributed by atoms with van der Waals surface area (Å²) in [4.78, 5) is 29.0. The van der Waals surface area contributed by atoms with Crippen LogP contribution >= 0.6 is 7.82 Å². The third-order valence-corrected chi connectivity index (χ3v) is 3.00. The number of carbonyl (C=O) groups is 1. The van der Waals surface area contributed by atoms with Crippen LogP contribution in [-0.2, 0) is 18.6 Å². The maximum Gasteiger partial charge on any atom is 0.469 e. The van der Waals surface area contributed by atoms with Crippen LogP contribution in [0.5, 0.6) is 0 Å². The molecule has 7 nitrogen and oxygen atoms in total. The summed E-state index contributed by atoms with van der Waals surface area (Å²) in [5.74, 6) is -0.522. The predicted molar refractivity (Wildman–Crippen MR) is 74.8 cm³/mol. The summed E-state index contributed by atoms with van der Waals surface area (Å²) in [6.07, 6.45) is 0.0229. The Kier molecular flexibility index (Phi) is 7.62. The summed E-state index contributed by atoms with van der Waals surface area (Å²) in [7, 11) is 1.35. The van der Waals surface area contributed by atoms with Crippen molar-refractivity contribution in [2.24, 2.45) is 0 Å². The van der Waals surface area contributed by atoms with Crippen molar-refractivity contribution in [3.8, 4) is 0 Å². The number of phosphoric ester groups is 1. The van der Waals surface area contributed by atoms with Gasteiger partial charge in [0.2, 0.25) is 0 Å². The summed E-state index contributed by atoms with van der Waals surface area (Å²) < 4.78 is 21.2. The molecule has 20 heavy (non-hydrogen) atoms. The van der Waals surface area contributed by atoms with Crippen LogP contribution in [0, 0.1) is 0 Å². The molecule has 0 bridgehead atoms. The van der Waals surface area contributed by atoms with Gasteiger partial charge in [-0.3, -0.25) is 4.52 Å². The van der Waals surface area contributed by atoms with Gasteiger partial charge in [-0.2, -0.15) is 0 Å². The van der Waals surface area contributed by atoms with E-state index in [1.807, 2.05) is 21.1 Å². The van der Waals surface area contributed by atoms with Gasteiger partial charge in [0.25, 0.3) is 0 Å². The molecule has 0 radical (unpaired) electrons. The third kappa shape index (κ3) is 11.1. The van der Waals surface area contributed by atoms with Gasteiger partial charge >= 0.3 is 13.8 Å². The first-order chi connectivity index (χ1) is 8.91. The van der Waals surface area contributed by atoms with Gasteiger partial charge in [-0.05, 0) is 6.92 Å². The fraction of sp³-hybridized carbons (Fsp3) is 0.750. The van der Waals surface area contributed by atoms with E-state index in [0.717, 1.165) is 0 Å². The van der Waals surface area contributed by atoms with E-state index in [2.05, 4.69) is 6.58 Å². The van der Waals surface area contributed by atoms with Crippen molar-refractivity contribution in [1.29, 1.82) is 0 Å². The number of esters is 1. The average Bonchev–Trinajstić information content (AvgIpc) is 2.22. The van der Waals surface area contributed by atoms with Crippen LogP contribution in [-0.4, -0.2) is 60.6 Å². The van der Waals surface area contributed by atoms with Crippen LogP contribution in [0.15, 0.2) is 12.2 Å². The molecule has 1 unspecified atom stereocenters. The van der Waals surface area contributed by atoms with Crippen LogP contribution in [0.1, 0.15) is 19.8 Å². The van der Waals surface area contributed by atoms with E-state index in [4.69, 9.17) is 19.0 Å². The molecule has 0 rings (SSSR count). The van der Waals surface area contributed by atoms with Crippen molar-refractivity contribution in [3.05, 3.63) is 12.2 Å². The molecule has 0 aliphatic heterocycles. The minimum atomic E-state index is -4.55. The Morgan fingerprint density at radius 2 is 1.85 bits per heavy atom. The van der Waals surface area contributed by atoms with Gasteiger partial charge in [-0.15, -0.1) is 0 Å². The Balaban J connectivity index is 4.35. The van der Waals surface area contributed by atoms with Crippen molar-refractivity contribution < 1.29 is 32.9 Å². The number of ether oxygens (including phenoxy) is 1. The quantitative estimate of drug-likeness (QED) is 0.286. The van der Waals surface area contributed by atoms with E-state index in [0.29, 0.717) is 17.4 Å². The molecule has 0 saturated heterocycles. The average molecular weight is 310 g/mol. The van der Waals surface area contributed by atoms with Crippen LogP contribution in [0.3, 0.4) is 0 Å². The fourth-order valence-electron chi connectivity index (χ4n) is 1.38. The van der Waals surface area contributed by atoms with Crippen molar-refractivity contribution in [2.75, 3.05) is 34.3 Å². The molecule has 0 saturated carbocycles. The van der Waals surface area contributed by atoms with Gasteiger partial charge in [0.05, 0.1) is 40.4 Å². The Hall–Kier alpha value is -0.720. The lowest BCUT2D eigenvalue weighted by atomic mass is 10.2. The van der Waals surface area contributed by atoms with Gasteiger partial charge in [-0.1, -0.05) is 6.58 Å². The highest BCUT2D eigenvalue weighted by molar-refractivity contribution is 7.46. The normalized spacial score (nSPS) is 13.9. The van der Waals surface area contributed by atoms with E-state index >= 15 is 0 Å². The van der Waals surface area contributed by atoms with Gasteiger partial charge in [0.1, 0.15) is 0 Å². The maximum atomic E-state index is 11.2. The lowest BCUT2D eigenvalue weighted by Crippen LogP contribution is -2.37. The molecule has 0 heterocycles. The first kappa shape index (κ1) is 19.3. The number of phosphoric acid groups is 1. The number of hydrogen-bond donors (Lipinski definition) is 2. The summed E-state index contributed by atoms with van der Waals surface area (Å²) in [5.41, 5.74) is 0.281. The van der Waals surface area contributed by atoms with Gasteiger partial charge < -0.3 is 19.0 Å². The van der Waals surface area contributed by atoms with Crippen molar-refractivity contribution in [3.63, 3.8) is 0 Å². The van der Waals surface area contributed by atoms with Gasteiger partial charge in [0, 0.05) is 18.4 Å². The summed E-state index contributed by atoms with van der Waals surface area (Å²) in [5, 5.41) is 0. The number of carbonyl (C=O) groups excluding carboxylic acids is 1. The molecule has 0 aliphatic rings. The first-order valence-corrected chi connectivity index (χ1v) is 7.81. The Labute approximate surface area is 120 Å². The molecule has 0 fully saturated rings. The number of nitrogens with zero attached hydrogens (tertiary/aromatic N) is 1. The van der Waals surface area contributed by atoms with Crippen LogP contribution < -0.4 is 0 Å². The largest absolute Gasteiger partial charge is 0.469 e. The lowest BCUT2D eigenvalue weighted by molar-refractivity contribution is -0.870. The van der Waals surface area contributed by atoms with Crippen LogP contribution in [0.2, 0.25) is 0 Å². The summed E-state index contributed by atoms with van der Waals surface area (Å²) in [6.45, 7) is 5.69. The molecule has 8 heteroatoms. The van der Waals surface area contributed by atoms with Crippen LogP contribution in [0.4, 0.5) is 0 Å². The molecule has 118 valence electrons. The summed E-state index contributed by atoms with van der Waals surface area (Å²) in [6, 6.07) is 0. The van der Waals surface area contributed by atoms with Crippen molar-refractivity contribution in [1.82, 2.24) is 0 Å². The highest BCUT2D eigenvalue weighted by Gasteiger charge is 2.24. The SMILES string of the molecule is C=C(C)C(=O)OCCC(CC[N+](C)(C)C)OP(=O)(O)O. The summed E-state index contributed by atoms with van der Waals surface area (Å²) >= 11 is 0. The van der Waals surface area contributed by atoms with E-state index in [1.165, 1.54) is 6.92 Å². The van der Waals surface area contributed by atoms with E-state index in [1.54, 1.807) is 0 Å². The maximum absolute atomic E-state index is 11.2. The zero-order valence-electron chi connectivity index (χ0n) is 12.5. The first-order valence-electron chi connectivity index (χ1n) is 6.28. The molecule has 2 N–H and O–H groups in total. The monoisotopic (exact) mass is 310 g/mol. The Morgan fingerprint density at radius 3 is 2.25 bits per heavy atom. The molecule has 0 aromatic carbocycles. The standard InChI is InChI=1S/C12H24NO6P/c1-10(2)12(14)18-9-7-11(19-20(15,16)17)6-8-13(3,4)5/h11H,1,6-9H2,2-5H3,(H-,15,16,17)/p+1. The van der Waals surface area contributed by atoms with E-state index in [-0.39, 0.29) is 18.6 Å². The van der Waals surface area contributed by atoms with Gasteiger partial charge in [0.15, 0.2) is 0 Å². The second kappa shape index (κ2) is 7.90. The molecule has 0 amide bonds. The third-order valence-electron chi connectivity index (χ3n) is 2.43. The topological polar surface area (TPSA) is 93.1 Å². The zero-order valence-corrected chi connectivity index (χ0v) is 13.4. The second-order valence-electron chi connectivity index (χ2n) is 5.73. The highest BCUT2D eigenvalue weighted by atomic mass is 31.2. The Morgan fingerprint density at radius 1 is 1.30 bits per heavy atom. The second-order valence-corrected chi connectivity index (χ2v) is 6.92. The zero-order chi connectivity index (χ0) is 16.0. The number of rotatable bonds is 9. The van der Waals surface area contributed by atoms with Crippen molar-refractivity contribution >= 4 is 13.8 Å². The molecule has 0 aromatic heterocycles. The number of quaternary nitrogens is 1. The minimum Gasteiger partial charge on any atom is -0.462 e.